The second-order valence-corrected chi connectivity index (χ2v) is 7.23. The zero-order valence-electron chi connectivity index (χ0n) is 11.0. The van der Waals surface area contributed by atoms with Gasteiger partial charge in [-0.3, -0.25) is 0 Å². The normalized spacial score (nSPS) is 13.8. The Labute approximate surface area is 138 Å². The van der Waals surface area contributed by atoms with E-state index in [0.717, 1.165) is 14.9 Å². The third-order valence-corrected chi connectivity index (χ3v) is 5.32. The first kappa shape index (κ1) is 13.9. The summed E-state index contributed by atoms with van der Waals surface area (Å²) in [7, 11) is 0. The first-order chi connectivity index (χ1) is 10.7. The van der Waals surface area contributed by atoms with E-state index in [1.54, 1.807) is 28.6 Å². The van der Waals surface area contributed by atoms with Gasteiger partial charge in [0.05, 0.1) is 14.9 Å². The zero-order chi connectivity index (χ0) is 15.1. The van der Waals surface area contributed by atoms with Crippen LogP contribution in [-0.2, 0) is 0 Å². The Bertz CT molecular complexity index is 887. The number of thiophene rings is 1. The molecule has 0 bridgehead atoms. The van der Waals surface area contributed by atoms with Crippen molar-refractivity contribution in [2.45, 2.75) is 5.16 Å². The fourth-order valence-corrected chi connectivity index (χ4v) is 4.07. The summed E-state index contributed by atoms with van der Waals surface area (Å²) in [6.45, 7) is 0. The van der Waals surface area contributed by atoms with Gasteiger partial charge in [0.25, 0.3) is 0 Å². The maximum absolute atomic E-state index is 13.4. The number of halogens is 2. The topological polar surface area (TPSA) is 43.1 Å². The highest BCUT2D eigenvalue weighted by Gasteiger charge is 2.21. The van der Waals surface area contributed by atoms with Gasteiger partial charge in [-0.2, -0.15) is 9.78 Å². The third kappa shape index (κ3) is 2.45. The van der Waals surface area contributed by atoms with Crippen LogP contribution in [0.3, 0.4) is 0 Å². The number of thioether (sulfide) groups is 1. The van der Waals surface area contributed by atoms with Crippen LogP contribution >= 0.6 is 34.7 Å². The van der Waals surface area contributed by atoms with E-state index in [0.29, 0.717) is 22.3 Å². The number of nitrogens with zero attached hydrogens (tertiary/aromatic N) is 4. The maximum Gasteiger partial charge on any atom is 0.212 e. The Morgan fingerprint density at radius 1 is 1.18 bits per heavy atom. The van der Waals surface area contributed by atoms with E-state index in [-0.39, 0.29) is 5.82 Å². The second-order valence-electron chi connectivity index (χ2n) is 4.57. The van der Waals surface area contributed by atoms with Crippen LogP contribution in [-0.4, -0.2) is 26.3 Å². The molecule has 0 spiro atoms. The molecule has 0 fully saturated rings. The van der Waals surface area contributed by atoms with Gasteiger partial charge in [0, 0.05) is 11.3 Å². The number of hydrogen-bond donors (Lipinski definition) is 0. The van der Waals surface area contributed by atoms with E-state index in [2.05, 4.69) is 15.3 Å². The summed E-state index contributed by atoms with van der Waals surface area (Å²) >= 11 is 9.02. The lowest BCUT2D eigenvalue weighted by atomic mass is 10.2. The quantitative estimate of drug-likeness (QED) is 0.697. The molecule has 0 aliphatic carbocycles. The van der Waals surface area contributed by atoms with Gasteiger partial charge in [0.1, 0.15) is 5.82 Å². The van der Waals surface area contributed by atoms with Crippen molar-refractivity contribution in [3.63, 3.8) is 0 Å². The highest BCUT2D eigenvalue weighted by Crippen LogP contribution is 2.31. The summed E-state index contributed by atoms with van der Waals surface area (Å²) in [6.07, 6.45) is 0. The molecule has 0 saturated carbocycles. The van der Waals surface area contributed by atoms with Crippen molar-refractivity contribution in [1.29, 1.82) is 0 Å². The average Bonchev–Trinajstić information content (AvgIpc) is 3.12. The smallest absolute Gasteiger partial charge is 0.207 e. The second kappa shape index (κ2) is 5.49. The van der Waals surface area contributed by atoms with Crippen LogP contribution in [0.4, 0.5) is 4.39 Å². The summed E-state index contributed by atoms with van der Waals surface area (Å²) in [4.78, 5) is 1.02. The van der Waals surface area contributed by atoms with Crippen LogP contribution in [0.5, 0.6) is 0 Å². The Kier molecular flexibility index (Phi) is 3.48. The fraction of sp³-hybridized carbons (Fsp3) is 0.0714. The molecule has 0 radical (unpaired) electrons. The molecule has 3 aromatic rings. The van der Waals surface area contributed by atoms with E-state index < -0.39 is 0 Å². The Hall–Kier alpha value is -1.70. The fourth-order valence-electron chi connectivity index (χ4n) is 2.13. The number of fused-ring (bicyclic) bond motifs is 1. The first-order valence-corrected chi connectivity index (χ1v) is 8.56. The minimum atomic E-state index is -0.312. The van der Waals surface area contributed by atoms with Gasteiger partial charge in [-0.05, 0) is 24.3 Å². The molecule has 4 nitrogen and oxygen atoms in total. The molecule has 0 unspecified atom stereocenters. The largest absolute Gasteiger partial charge is 0.212 e. The third-order valence-electron chi connectivity index (χ3n) is 3.11. The predicted molar refractivity (Wildman–Crippen MR) is 87.4 cm³/mol. The van der Waals surface area contributed by atoms with Gasteiger partial charge < -0.3 is 0 Å². The number of hydrogen-bond acceptors (Lipinski definition) is 5. The van der Waals surface area contributed by atoms with Gasteiger partial charge in [0.2, 0.25) is 5.16 Å². The lowest BCUT2D eigenvalue weighted by molar-refractivity contribution is 0.628. The molecule has 8 heteroatoms. The van der Waals surface area contributed by atoms with Crippen LogP contribution in [0.2, 0.25) is 4.34 Å². The Morgan fingerprint density at radius 3 is 2.86 bits per heavy atom. The standard InChI is InChI=1S/C14H8ClFN4S2/c15-12-5-4-11(22-12)10-7-21-14-18-17-13(20(14)19-10)8-2-1-3-9(16)6-8/h1-6H,7H2. The van der Waals surface area contributed by atoms with Crippen molar-refractivity contribution in [2.24, 2.45) is 5.10 Å². The summed E-state index contributed by atoms with van der Waals surface area (Å²) in [5.74, 6) is 0.924. The first-order valence-electron chi connectivity index (χ1n) is 6.38. The molecule has 1 aromatic carbocycles. The van der Waals surface area contributed by atoms with Crippen LogP contribution in [0.15, 0.2) is 46.7 Å². The van der Waals surface area contributed by atoms with E-state index in [4.69, 9.17) is 11.6 Å². The summed E-state index contributed by atoms with van der Waals surface area (Å²) in [6, 6.07) is 10.1. The average molecular weight is 351 g/mol. The maximum atomic E-state index is 13.4. The molecule has 1 aliphatic rings. The van der Waals surface area contributed by atoms with Crippen molar-refractivity contribution in [1.82, 2.24) is 14.9 Å². The van der Waals surface area contributed by atoms with Gasteiger partial charge >= 0.3 is 0 Å². The molecular formula is C14H8ClFN4S2. The minimum Gasteiger partial charge on any atom is -0.207 e. The molecule has 0 amide bonds. The van der Waals surface area contributed by atoms with Crippen LogP contribution < -0.4 is 0 Å². The number of rotatable bonds is 2. The number of benzene rings is 1. The van der Waals surface area contributed by atoms with Crippen LogP contribution in [0, 0.1) is 5.82 Å². The monoisotopic (exact) mass is 350 g/mol. The molecule has 4 rings (SSSR count). The van der Waals surface area contributed by atoms with Gasteiger partial charge in [-0.25, -0.2) is 4.39 Å². The van der Waals surface area contributed by atoms with Crippen molar-refractivity contribution in [2.75, 3.05) is 5.75 Å². The molecule has 0 saturated heterocycles. The molecule has 0 N–H and O–H groups in total. The molecule has 110 valence electrons. The van der Waals surface area contributed by atoms with E-state index in [1.165, 1.54) is 23.5 Å². The minimum absolute atomic E-state index is 0.312. The summed E-state index contributed by atoms with van der Waals surface area (Å²) in [5, 5.41) is 13.6. The highest BCUT2D eigenvalue weighted by molar-refractivity contribution is 7.99. The molecular weight excluding hydrogens is 343 g/mol. The Morgan fingerprint density at radius 2 is 2.09 bits per heavy atom. The highest BCUT2D eigenvalue weighted by atomic mass is 35.5. The molecule has 2 aromatic heterocycles. The lowest BCUT2D eigenvalue weighted by Gasteiger charge is -2.12. The Balaban J connectivity index is 1.81. The van der Waals surface area contributed by atoms with E-state index in [1.807, 2.05) is 12.1 Å². The van der Waals surface area contributed by atoms with E-state index in [9.17, 15) is 4.39 Å². The van der Waals surface area contributed by atoms with Crippen molar-refractivity contribution >= 4 is 40.4 Å². The summed E-state index contributed by atoms with van der Waals surface area (Å²) < 4.78 is 15.8. The van der Waals surface area contributed by atoms with E-state index >= 15 is 0 Å². The molecule has 1 aliphatic heterocycles. The molecule has 3 heterocycles. The van der Waals surface area contributed by atoms with Crippen molar-refractivity contribution < 1.29 is 4.39 Å². The SMILES string of the molecule is Fc1cccc(-c2nnc3n2N=C(c2ccc(Cl)s2)CS3)c1. The van der Waals surface area contributed by atoms with Crippen molar-refractivity contribution in [3.8, 4) is 11.4 Å². The van der Waals surface area contributed by atoms with Gasteiger partial charge in [-0.1, -0.05) is 35.5 Å². The van der Waals surface area contributed by atoms with Crippen LogP contribution in [0.25, 0.3) is 11.4 Å². The number of aromatic nitrogens is 3. The van der Waals surface area contributed by atoms with Crippen LogP contribution in [0.1, 0.15) is 4.88 Å². The van der Waals surface area contributed by atoms with Gasteiger partial charge in [0.15, 0.2) is 5.82 Å². The summed E-state index contributed by atoms with van der Waals surface area (Å²) in [5.41, 5.74) is 1.56. The lowest BCUT2D eigenvalue weighted by Crippen LogP contribution is -2.12. The molecule has 22 heavy (non-hydrogen) atoms. The zero-order valence-corrected chi connectivity index (χ0v) is 13.4. The predicted octanol–water partition coefficient (Wildman–Crippen LogP) is 4.16. The van der Waals surface area contributed by atoms with Crippen molar-refractivity contribution in [3.05, 3.63) is 51.4 Å². The van der Waals surface area contributed by atoms with Gasteiger partial charge in [-0.15, -0.1) is 21.5 Å². The molecule has 0 atom stereocenters.